The van der Waals surface area contributed by atoms with Crippen molar-refractivity contribution in [2.24, 2.45) is 0 Å². The molecule has 29 heavy (non-hydrogen) atoms. The molecule has 1 aliphatic rings. The summed E-state index contributed by atoms with van der Waals surface area (Å²) in [6.45, 7) is 8.67. The van der Waals surface area contributed by atoms with Crippen LogP contribution in [-0.2, 0) is 22.1 Å². The minimum absolute atomic E-state index is 0.0387. The highest BCUT2D eigenvalue weighted by atomic mass is 19.4. The quantitative estimate of drug-likeness (QED) is 0.750. The van der Waals surface area contributed by atoms with Crippen molar-refractivity contribution in [1.29, 1.82) is 0 Å². The van der Waals surface area contributed by atoms with Crippen molar-refractivity contribution < 1.29 is 32.5 Å². The van der Waals surface area contributed by atoms with Gasteiger partial charge in [-0.25, -0.2) is 4.79 Å². The minimum Gasteiger partial charge on any atom is -0.444 e. The Morgan fingerprint density at radius 3 is 2.48 bits per heavy atom. The van der Waals surface area contributed by atoms with Crippen molar-refractivity contribution in [2.45, 2.75) is 83.5 Å². The molecule has 0 saturated carbocycles. The Balaban J connectivity index is 2.36. The van der Waals surface area contributed by atoms with E-state index in [9.17, 15) is 23.1 Å². The van der Waals surface area contributed by atoms with Gasteiger partial charge in [-0.05, 0) is 65.5 Å². The lowest BCUT2D eigenvalue weighted by atomic mass is 9.96. The van der Waals surface area contributed by atoms with Crippen LogP contribution in [0.5, 0.6) is 0 Å². The molecule has 1 heterocycles. The summed E-state index contributed by atoms with van der Waals surface area (Å²) in [6.07, 6.45) is -4.33. The number of nitrogens with zero attached hydrogens (tertiary/aromatic N) is 1. The van der Waals surface area contributed by atoms with E-state index in [0.29, 0.717) is 18.4 Å². The van der Waals surface area contributed by atoms with Gasteiger partial charge >= 0.3 is 12.3 Å². The number of alkyl halides is 3. The fourth-order valence-corrected chi connectivity index (χ4v) is 3.62. The van der Waals surface area contributed by atoms with Gasteiger partial charge in [0.2, 0.25) is 0 Å². The Morgan fingerprint density at radius 1 is 1.28 bits per heavy atom. The molecule has 1 saturated heterocycles. The Kier molecular flexibility index (Phi) is 6.89. The molecule has 0 radical (unpaired) electrons. The molecule has 0 aromatic heterocycles. The first-order valence-corrected chi connectivity index (χ1v) is 9.72. The van der Waals surface area contributed by atoms with Crippen molar-refractivity contribution >= 4 is 6.09 Å². The number of hydrogen-bond acceptors (Lipinski definition) is 4. The molecular weight excluding hydrogens is 387 g/mol. The molecule has 164 valence electrons. The predicted octanol–water partition coefficient (Wildman–Crippen LogP) is 4.76. The highest BCUT2D eigenvalue weighted by Crippen LogP contribution is 2.38. The van der Waals surface area contributed by atoms with Crippen LogP contribution in [0.1, 0.15) is 58.6 Å². The summed E-state index contributed by atoms with van der Waals surface area (Å²) in [5.41, 5.74) is -2.00. The molecule has 2 rings (SSSR count). The van der Waals surface area contributed by atoms with Gasteiger partial charge in [0.25, 0.3) is 0 Å². The Hall–Kier alpha value is -1.80. The van der Waals surface area contributed by atoms with Gasteiger partial charge in [0.1, 0.15) is 11.3 Å². The van der Waals surface area contributed by atoms with Crippen LogP contribution in [0.25, 0.3) is 0 Å². The van der Waals surface area contributed by atoms with Gasteiger partial charge < -0.3 is 14.6 Å². The van der Waals surface area contributed by atoms with E-state index in [1.165, 1.54) is 11.0 Å². The second-order valence-electron chi connectivity index (χ2n) is 8.79. The summed E-state index contributed by atoms with van der Waals surface area (Å²) < 4.78 is 50.9. The van der Waals surface area contributed by atoms with E-state index >= 15 is 0 Å². The number of ether oxygens (including phenoxy) is 2. The van der Waals surface area contributed by atoms with Crippen molar-refractivity contribution in [1.82, 2.24) is 4.90 Å². The standard InChI is InChI=1S/C21H30F3NO4/c1-19(2,3)29-18(27)25-16(17(10-7-11-26)28-20(25,4)5)13-14-8-6-9-15(12-14)21(22,23)24/h6,8-9,12,16-17,26H,7,10-11,13H2,1-5H3/t16-,17-/m0/s1. The van der Waals surface area contributed by atoms with Gasteiger partial charge in [-0.15, -0.1) is 0 Å². The first-order valence-electron chi connectivity index (χ1n) is 9.72. The zero-order valence-electron chi connectivity index (χ0n) is 17.5. The van der Waals surface area contributed by atoms with E-state index in [4.69, 9.17) is 9.47 Å². The molecular formula is C21H30F3NO4. The van der Waals surface area contributed by atoms with Crippen molar-refractivity contribution in [2.75, 3.05) is 6.61 Å². The van der Waals surface area contributed by atoms with Crippen LogP contribution in [0.2, 0.25) is 0 Å². The molecule has 1 aromatic carbocycles. The second-order valence-corrected chi connectivity index (χ2v) is 8.79. The normalized spacial score (nSPS) is 22.0. The highest BCUT2D eigenvalue weighted by molar-refractivity contribution is 5.70. The molecule has 1 amide bonds. The number of carbonyl (C=O) groups excluding carboxylic acids is 1. The lowest BCUT2D eigenvalue weighted by molar-refractivity contribution is -0.137. The SMILES string of the molecule is CC(C)(C)OC(=O)N1[C@@H](Cc2cccc(C(F)(F)F)c2)[C@H](CCCO)OC1(C)C. The Bertz CT molecular complexity index is 713. The van der Waals surface area contributed by atoms with Crippen molar-refractivity contribution in [3.63, 3.8) is 0 Å². The average molecular weight is 417 g/mol. The topological polar surface area (TPSA) is 59.0 Å². The van der Waals surface area contributed by atoms with E-state index in [2.05, 4.69) is 0 Å². The third kappa shape index (κ3) is 6.09. The number of aliphatic hydroxyl groups is 1. The largest absolute Gasteiger partial charge is 0.444 e. The molecule has 0 bridgehead atoms. The van der Waals surface area contributed by atoms with Crippen molar-refractivity contribution in [3.05, 3.63) is 35.4 Å². The van der Waals surface area contributed by atoms with Gasteiger partial charge in [0, 0.05) is 6.61 Å². The van der Waals surface area contributed by atoms with Crippen LogP contribution in [0.3, 0.4) is 0 Å². The van der Waals surface area contributed by atoms with Crippen molar-refractivity contribution in [3.8, 4) is 0 Å². The first-order chi connectivity index (χ1) is 13.2. The third-order valence-electron chi connectivity index (χ3n) is 4.72. The summed E-state index contributed by atoms with van der Waals surface area (Å²) >= 11 is 0. The van der Waals surface area contributed by atoms with Crippen LogP contribution in [0, 0.1) is 0 Å². The molecule has 1 fully saturated rings. The lowest BCUT2D eigenvalue weighted by Gasteiger charge is -2.35. The van der Waals surface area contributed by atoms with Gasteiger partial charge in [-0.2, -0.15) is 13.2 Å². The number of aliphatic hydroxyl groups excluding tert-OH is 1. The van der Waals surface area contributed by atoms with Crippen LogP contribution >= 0.6 is 0 Å². The summed E-state index contributed by atoms with van der Waals surface area (Å²) in [7, 11) is 0. The zero-order valence-corrected chi connectivity index (χ0v) is 17.5. The number of rotatable bonds is 5. The number of benzene rings is 1. The smallest absolute Gasteiger partial charge is 0.416 e. The third-order valence-corrected chi connectivity index (χ3v) is 4.72. The van der Waals surface area contributed by atoms with Crippen LogP contribution < -0.4 is 0 Å². The van der Waals surface area contributed by atoms with Gasteiger partial charge in [-0.1, -0.05) is 18.2 Å². The summed E-state index contributed by atoms with van der Waals surface area (Å²) in [4.78, 5) is 14.4. The maximum atomic E-state index is 13.1. The van der Waals surface area contributed by atoms with E-state index in [0.717, 1.165) is 12.1 Å². The van der Waals surface area contributed by atoms with Gasteiger partial charge in [0.15, 0.2) is 0 Å². The first kappa shape index (κ1) is 23.5. The van der Waals surface area contributed by atoms with E-state index < -0.39 is 41.3 Å². The molecule has 5 nitrogen and oxygen atoms in total. The van der Waals surface area contributed by atoms with Crippen LogP contribution in [0.4, 0.5) is 18.0 Å². The maximum Gasteiger partial charge on any atom is 0.416 e. The molecule has 2 atom stereocenters. The second kappa shape index (κ2) is 8.52. The van der Waals surface area contributed by atoms with E-state index in [-0.39, 0.29) is 13.0 Å². The zero-order chi connectivity index (χ0) is 22.0. The minimum atomic E-state index is -4.44. The monoisotopic (exact) mass is 417 g/mol. The fourth-order valence-electron chi connectivity index (χ4n) is 3.62. The number of hydrogen-bond donors (Lipinski definition) is 1. The Labute approximate surface area is 169 Å². The summed E-state index contributed by atoms with van der Waals surface area (Å²) in [6, 6.07) is 4.57. The molecule has 1 aromatic rings. The maximum absolute atomic E-state index is 13.1. The average Bonchev–Trinajstić information content (AvgIpc) is 2.80. The molecule has 0 spiro atoms. The highest BCUT2D eigenvalue weighted by Gasteiger charge is 2.50. The number of halogens is 3. The molecule has 0 unspecified atom stereocenters. The molecule has 0 aliphatic carbocycles. The Morgan fingerprint density at radius 2 is 1.93 bits per heavy atom. The van der Waals surface area contributed by atoms with Crippen LogP contribution in [-0.4, -0.2) is 46.2 Å². The summed E-state index contributed by atoms with van der Waals surface area (Å²) in [5.74, 6) is 0. The van der Waals surface area contributed by atoms with E-state index in [1.807, 2.05) is 0 Å². The molecule has 1 N–H and O–H groups in total. The predicted molar refractivity (Wildman–Crippen MR) is 102 cm³/mol. The number of carbonyl (C=O) groups is 1. The summed E-state index contributed by atoms with van der Waals surface area (Å²) in [5, 5.41) is 9.20. The van der Waals surface area contributed by atoms with Gasteiger partial charge in [0.05, 0.1) is 17.7 Å². The van der Waals surface area contributed by atoms with E-state index in [1.54, 1.807) is 40.7 Å². The van der Waals surface area contributed by atoms with Crippen LogP contribution in [0.15, 0.2) is 24.3 Å². The van der Waals surface area contributed by atoms with Gasteiger partial charge in [-0.3, -0.25) is 4.90 Å². The number of amides is 1. The molecule has 1 aliphatic heterocycles. The lowest BCUT2D eigenvalue weighted by Crippen LogP contribution is -2.51. The fraction of sp³-hybridized carbons (Fsp3) is 0.667. The molecule has 8 heteroatoms.